The highest BCUT2D eigenvalue weighted by molar-refractivity contribution is 7.09. The van der Waals surface area contributed by atoms with E-state index in [9.17, 15) is 5.11 Å². The average Bonchev–Trinajstić information content (AvgIpc) is 2.97. The van der Waals surface area contributed by atoms with Crippen LogP contribution < -0.4 is 0 Å². The van der Waals surface area contributed by atoms with E-state index < -0.39 is 6.10 Å². The van der Waals surface area contributed by atoms with Gasteiger partial charge in [0.05, 0.1) is 23.0 Å². The Morgan fingerprint density at radius 3 is 2.70 bits per heavy atom. The van der Waals surface area contributed by atoms with Crippen LogP contribution in [0.2, 0.25) is 0 Å². The van der Waals surface area contributed by atoms with E-state index in [-0.39, 0.29) is 0 Å². The predicted molar refractivity (Wildman–Crippen MR) is 78.2 cm³/mol. The quantitative estimate of drug-likeness (QED) is 0.800. The van der Waals surface area contributed by atoms with Gasteiger partial charge in [0.15, 0.2) is 0 Å². The van der Waals surface area contributed by atoms with Crippen LogP contribution in [-0.4, -0.2) is 20.3 Å². The molecular weight excluding hydrogens is 270 g/mol. The Bertz CT molecular complexity index is 670. The number of benzene rings is 1. The molecule has 2 heterocycles. The molecule has 0 aliphatic heterocycles. The van der Waals surface area contributed by atoms with Gasteiger partial charge >= 0.3 is 0 Å². The zero-order chi connectivity index (χ0) is 13.8. The Morgan fingerprint density at radius 2 is 1.95 bits per heavy atom. The van der Waals surface area contributed by atoms with E-state index in [2.05, 4.69) is 15.2 Å². The molecule has 0 aliphatic carbocycles. The zero-order valence-electron chi connectivity index (χ0n) is 10.7. The molecule has 100 valence electrons. The fourth-order valence-corrected chi connectivity index (χ4v) is 2.77. The minimum atomic E-state index is -0.597. The van der Waals surface area contributed by atoms with Gasteiger partial charge in [0, 0.05) is 29.1 Å². The van der Waals surface area contributed by atoms with Gasteiger partial charge in [0.2, 0.25) is 0 Å². The molecule has 0 saturated carbocycles. The largest absolute Gasteiger partial charge is 0.388 e. The van der Waals surface area contributed by atoms with Crippen molar-refractivity contribution < 1.29 is 5.11 Å². The number of thiazole rings is 1. The average molecular weight is 283 g/mol. The van der Waals surface area contributed by atoms with Gasteiger partial charge in [0.1, 0.15) is 0 Å². The van der Waals surface area contributed by atoms with Crippen LogP contribution >= 0.6 is 11.3 Å². The summed E-state index contributed by atoms with van der Waals surface area (Å²) >= 11 is 1.56. The fraction of sp³-hybridized carbons (Fsp3) is 0.133. The van der Waals surface area contributed by atoms with Crippen LogP contribution in [0.5, 0.6) is 0 Å². The van der Waals surface area contributed by atoms with Crippen molar-refractivity contribution in [2.75, 3.05) is 0 Å². The van der Waals surface area contributed by atoms with Crippen molar-refractivity contribution in [1.29, 1.82) is 0 Å². The molecule has 0 saturated heterocycles. The van der Waals surface area contributed by atoms with Gasteiger partial charge in [-0.25, -0.2) is 4.98 Å². The summed E-state index contributed by atoms with van der Waals surface area (Å²) in [6.07, 6.45) is 3.05. The highest BCUT2D eigenvalue weighted by atomic mass is 32.1. The summed E-state index contributed by atoms with van der Waals surface area (Å²) in [6.45, 7) is 0. The second-order valence-electron chi connectivity index (χ2n) is 4.39. The second kappa shape index (κ2) is 5.90. The lowest BCUT2D eigenvalue weighted by molar-refractivity contribution is 0.177. The molecule has 1 N–H and O–H groups in total. The van der Waals surface area contributed by atoms with E-state index >= 15 is 0 Å². The molecule has 0 spiro atoms. The number of aromatic nitrogens is 3. The van der Waals surface area contributed by atoms with E-state index in [1.54, 1.807) is 29.8 Å². The topological polar surface area (TPSA) is 58.9 Å². The normalized spacial score (nSPS) is 12.2. The number of aliphatic hydroxyl groups excluding tert-OH is 1. The van der Waals surface area contributed by atoms with Gasteiger partial charge in [0.25, 0.3) is 0 Å². The first-order chi connectivity index (χ1) is 9.83. The SMILES string of the molecule is OC(Cc1nc(-c2ccccc2)cs1)c1ccnnc1. The van der Waals surface area contributed by atoms with Crippen molar-refractivity contribution in [3.63, 3.8) is 0 Å². The lowest BCUT2D eigenvalue weighted by atomic mass is 10.1. The van der Waals surface area contributed by atoms with Gasteiger partial charge < -0.3 is 5.11 Å². The molecular formula is C15H13N3OS. The molecule has 1 atom stereocenters. The minimum Gasteiger partial charge on any atom is -0.388 e. The maximum Gasteiger partial charge on any atom is 0.0961 e. The summed E-state index contributed by atoms with van der Waals surface area (Å²) < 4.78 is 0. The Labute approximate surface area is 120 Å². The third-order valence-corrected chi connectivity index (χ3v) is 3.85. The molecule has 3 rings (SSSR count). The number of hydrogen-bond donors (Lipinski definition) is 1. The van der Waals surface area contributed by atoms with Crippen LogP contribution in [0.1, 0.15) is 16.7 Å². The van der Waals surface area contributed by atoms with Crippen molar-refractivity contribution in [2.24, 2.45) is 0 Å². The molecule has 2 aromatic heterocycles. The standard InChI is InChI=1S/C15H13N3OS/c19-14(12-6-7-16-17-9-12)8-15-18-13(10-20-15)11-4-2-1-3-5-11/h1-7,9-10,14,19H,8H2. The van der Waals surface area contributed by atoms with Gasteiger partial charge in [-0.3, -0.25) is 0 Å². The lowest BCUT2D eigenvalue weighted by Gasteiger charge is -2.07. The second-order valence-corrected chi connectivity index (χ2v) is 5.33. The fourth-order valence-electron chi connectivity index (χ4n) is 1.93. The van der Waals surface area contributed by atoms with Gasteiger partial charge in [-0.2, -0.15) is 10.2 Å². The Balaban J connectivity index is 1.75. The molecule has 20 heavy (non-hydrogen) atoms. The predicted octanol–water partition coefficient (Wildman–Crippen LogP) is 2.88. The van der Waals surface area contributed by atoms with Crippen LogP contribution in [0.3, 0.4) is 0 Å². The van der Waals surface area contributed by atoms with Crippen molar-refractivity contribution in [2.45, 2.75) is 12.5 Å². The van der Waals surface area contributed by atoms with Crippen molar-refractivity contribution >= 4 is 11.3 Å². The molecule has 0 bridgehead atoms. The van der Waals surface area contributed by atoms with Gasteiger partial charge in [-0.1, -0.05) is 30.3 Å². The highest BCUT2D eigenvalue weighted by Gasteiger charge is 2.12. The first-order valence-electron chi connectivity index (χ1n) is 6.27. The van der Waals surface area contributed by atoms with Crippen LogP contribution in [0.15, 0.2) is 54.2 Å². The molecule has 4 nitrogen and oxygen atoms in total. The van der Waals surface area contributed by atoms with Gasteiger partial charge in [-0.05, 0) is 6.07 Å². The molecule has 0 amide bonds. The van der Waals surface area contributed by atoms with E-state index in [1.807, 2.05) is 35.7 Å². The monoisotopic (exact) mass is 283 g/mol. The lowest BCUT2D eigenvalue weighted by Crippen LogP contribution is -2.02. The molecule has 5 heteroatoms. The molecule has 0 fully saturated rings. The highest BCUT2D eigenvalue weighted by Crippen LogP contribution is 2.25. The van der Waals surface area contributed by atoms with E-state index in [0.29, 0.717) is 6.42 Å². The van der Waals surface area contributed by atoms with Crippen molar-refractivity contribution in [1.82, 2.24) is 15.2 Å². The maximum absolute atomic E-state index is 10.2. The van der Waals surface area contributed by atoms with Crippen LogP contribution in [0, 0.1) is 0 Å². The summed E-state index contributed by atoms with van der Waals surface area (Å²) in [5, 5.41) is 20.6. The molecule has 1 unspecified atom stereocenters. The van der Waals surface area contributed by atoms with Gasteiger partial charge in [-0.15, -0.1) is 11.3 Å². The minimum absolute atomic E-state index is 0.489. The Morgan fingerprint density at radius 1 is 1.10 bits per heavy atom. The summed E-state index contributed by atoms with van der Waals surface area (Å²) in [5.74, 6) is 0. The smallest absolute Gasteiger partial charge is 0.0961 e. The van der Waals surface area contributed by atoms with Crippen molar-refractivity contribution in [3.8, 4) is 11.3 Å². The molecule has 0 aliphatic rings. The number of rotatable bonds is 4. The number of aliphatic hydroxyl groups is 1. The van der Waals surface area contributed by atoms with Crippen molar-refractivity contribution in [3.05, 3.63) is 64.7 Å². The summed E-state index contributed by atoms with van der Waals surface area (Å²) in [5.41, 5.74) is 2.80. The maximum atomic E-state index is 10.2. The summed E-state index contributed by atoms with van der Waals surface area (Å²) in [7, 11) is 0. The van der Waals surface area contributed by atoms with Crippen LogP contribution in [0.25, 0.3) is 11.3 Å². The Kier molecular flexibility index (Phi) is 3.80. The van der Waals surface area contributed by atoms with Crippen LogP contribution in [0.4, 0.5) is 0 Å². The summed E-state index contributed by atoms with van der Waals surface area (Å²) in [6, 6.07) is 11.8. The molecule has 0 radical (unpaired) electrons. The molecule has 1 aromatic carbocycles. The first-order valence-corrected chi connectivity index (χ1v) is 7.15. The summed E-state index contributed by atoms with van der Waals surface area (Å²) in [4.78, 5) is 4.57. The third-order valence-electron chi connectivity index (χ3n) is 2.98. The number of nitrogens with zero attached hydrogens (tertiary/aromatic N) is 3. The molecule has 3 aromatic rings. The van der Waals surface area contributed by atoms with Crippen LogP contribution in [-0.2, 0) is 6.42 Å². The third kappa shape index (κ3) is 2.89. The number of hydrogen-bond acceptors (Lipinski definition) is 5. The first kappa shape index (κ1) is 12.9. The van der Waals surface area contributed by atoms with E-state index in [0.717, 1.165) is 21.8 Å². The zero-order valence-corrected chi connectivity index (χ0v) is 11.5. The van der Waals surface area contributed by atoms with E-state index in [4.69, 9.17) is 0 Å². The Hall–Kier alpha value is -2.11. The van der Waals surface area contributed by atoms with E-state index in [1.165, 1.54) is 0 Å².